The number of hydrogen-bond donors (Lipinski definition) is 1. The molecule has 0 bridgehead atoms. The molecule has 22 heavy (non-hydrogen) atoms. The summed E-state index contributed by atoms with van der Waals surface area (Å²) in [6.45, 7) is 10.0. The van der Waals surface area contributed by atoms with E-state index < -0.39 is 0 Å². The normalized spacial score (nSPS) is 9.36. The zero-order chi connectivity index (χ0) is 17.3. The molecule has 0 radical (unpaired) electrons. The van der Waals surface area contributed by atoms with E-state index in [2.05, 4.69) is 32.3 Å². The predicted molar refractivity (Wildman–Crippen MR) is 99.6 cm³/mol. The molecule has 2 N–H and O–H groups in total. The van der Waals surface area contributed by atoms with Gasteiger partial charge in [0.05, 0.1) is 5.69 Å². The topological polar surface area (TPSA) is 80.0 Å². The number of nitrogens with two attached hydrogens (primary N) is 1. The summed E-state index contributed by atoms with van der Waals surface area (Å²) < 4.78 is 1.58. The van der Waals surface area contributed by atoms with Crippen molar-refractivity contribution in [1.82, 2.24) is 14.6 Å². The van der Waals surface area contributed by atoms with Gasteiger partial charge in [0, 0.05) is 5.56 Å². The molecule has 0 saturated carbocycles. The average Bonchev–Trinajstić information content (AvgIpc) is 2.88. The first-order valence-corrected chi connectivity index (χ1v) is 9.71. The maximum Gasteiger partial charge on any atom is 0.161 e. The van der Waals surface area contributed by atoms with Crippen molar-refractivity contribution in [3.05, 3.63) is 16.8 Å². The molecular weight excluding hydrogens is 313 g/mol. The van der Waals surface area contributed by atoms with Crippen molar-refractivity contribution >= 4 is 32.5 Å². The molecule has 0 fully saturated rings. The van der Waals surface area contributed by atoms with Gasteiger partial charge in [-0.2, -0.15) is 14.9 Å². The predicted octanol–water partition coefficient (Wildman–Crippen LogP) is 3.68. The molecule has 2 rings (SSSR count). The van der Waals surface area contributed by atoms with E-state index in [1.807, 2.05) is 33.7 Å². The summed E-state index contributed by atoms with van der Waals surface area (Å²) in [6, 6.07) is 2.10. The second kappa shape index (κ2) is 10.4. The first-order chi connectivity index (χ1) is 10.6. The molecule has 7 heteroatoms. The smallest absolute Gasteiger partial charge is 0.161 e. The minimum Gasteiger partial charge on any atom is -0.382 e. The van der Waals surface area contributed by atoms with Crippen LogP contribution in [0.2, 0.25) is 0 Å². The van der Waals surface area contributed by atoms with Crippen LogP contribution < -0.4 is 5.73 Å². The van der Waals surface area contributed by atoms with E-state index in [4.69, 9.17) is 11.0 Å². The number of thioether (sulfide) groups is 1. The third kappa shape index (κ3) is 4.12. The summed E-state index contributed by atoms with van der Waals surface area (Å²) in [5.41, 5.74) is 9.21. The lowest BCUT2D eigenvalue weighted by molar-refractivity contribution is 0.829. The number of anilines is 1. The van der Waals surface area contributed by atoms with Gasteiger partial charge in [-0.25, -0.2) is 4.98 Å². The fourth-order valence-electron chi connectivity index (χ4n) is 1.92. The average molecular weight is 339 g/mol. The Balaban J connectivity index is 0.00000102. The van der Waals surface area contributed by atoms with Crippen LogP contribution in [0.4, 0.5) is 5.82 Å². The van der Waals surface area contributed by atoms with Crippen molar-refractivity contribution in [3.8, 4) is 6.07 Å². The first-order valence-electron chi connectivity index (χ1n) is 7.33. The zero-order valence-corrected chi connectivity index (χ0v) is 16.2. The maximum atomic E-state index is 9.14. The van der Waals surface area contributed by atoms with E-state index in [9.17, 15) is 0 Å². The van der Waals surface area contributed by atoms with Crippen molar-refractivity contribution < 1.29 is 0 Å². The molecule has 0 aliphatic heterocycles. The third-order valence-electron chi connectivity index (χ3n) is 2.89. The third-order valence-corrected chi connectivity index (χ3v) is 3.57. The Bertz CT molecular complexity index is 646. The van der Waals surface area contributed by atoms with Crippen molar-refractivity contribution in [2.45, 2.75) is 45.6 Å². The van der Waals surface area contributed by atoms with Crippen LogP contribution in [-0.4, -0.2) is 27.5 Å². The van der Waals surface area contributed by atoms with E-state index in [0.29, 0.717) is 16.4 Å². The molecule has 0 saturated heterocycles. The van der Waals surface area contributed by atoms with Gasteiger partial charge in [0.2, 0.25) is 0 Å². The Kier molecular flexibility index (Phi) is 9.80. The molecule has 1 unspecified atom stereocenters. The van der Waals surface area contributed by atoms with Crippen LogP contribution in [0.25, 0.3) is 5.65 Å². The molecule has 2 heterocycles. The van der Waals surface area contributed by atoms with Gasteiger partial charge in [0.25, 0.3) is 0 Å². The monoisotopic (exact) mass is 339 g/mol. The summed E-state index contributed by atoms with van der Waals surface area (Å²) in [5, 5.41) is 14.3. The number of nitriles is 1. The largest absolute Gasteiger partial charge is 0.382 e. The molecule has 0 spiro atoms. The van der Waals surface area contributed by atoms with Crippen molar-refractivity contribution in [2.75, 3.05) is 18.7 Å². The summed E-state index contributed by atoms with van der Waals surface area (Å²) in [7, 11) is 2.42. The number of rotatable bonds is 3. The molecule has 1 atom stereocenters. The molecule has 2 aromatic heterocycles. The lowest BCUT2D eigenvalue weighted by Gasteiger charge is -2.05. The van der Waals surface area contributed by atoms with Crippen LogP contribution in [0.1, 0.15) is 44.0 Å². The highest BCUT2D eigenvalue weighted by atomic mass is 32.2. The van der Waals surface area contributed by atoms with Gasteiger partial charge < -0.3 is 5.73 Å². The molecule has 122 valence electrons. The Morgan fingerprint density at radius 1 is 1.36 bits per heavy atom. The standard InChI is InChI=1S/C12H15N5S.C2H6.CH5P/c1-4-5-9-7(2)11-15-12(18-3)8(6-13)10(14)17(11)16-9;2*1-2/h4-5,14H2,1-3H3;1-2H3;2H2,1H3. The Morgan fingerprint density at radius 3 is 2.41 bits per heavy atom. The number of hydrogen-bond acceptors (Lipinski definition) is 5. The van der Waals surface area contributed by atoms with Gasteiger partial charge in [-0.05, 0) is 19.6 Å². The van der Waals surface area contributed by atoms with E-state index in [-0.39, 0.29) is 0 Å². The number of aryl methyl sites for hydroxylation is 2. The van der Waals surface area contributed by atoms with Crippen LogP contribution in [-0.2, 0) is 6.42 Å². The zero-order valence-electron chi connectivity index (χ0n) is 14.3. The number of aromatic nitrogens is 3. The Labute approximate surface area is 139 Å². The minimum atomic E-state index is 0.373. The molecule has 0 aliphatic carbocycles. The number of nitrogen functional groups attached to an aromatic ring is 1. The van der Waals surface area contributed by atoms with E-state index >= 15 is 0 Å². The van der Waals surface area contributed by atoms with E-state index in [1.54, 1.807) is 4.52 Å². The van der Waals surface area contributed by atoms with Gasteiger partial charge >= 0.3 is 0 Å². The SMILES string of the molecule is CC.CCCc1nn2c(N)c(C#N)c(SC)nc2c1C.CP. The van der Waals surface area contributed by atoms with Crippen LogP contribution in [0, 0.1) is 18.3 Å². The Morgan fingerprint density at radius 2 is 1.95 bits per heavy atom. The lowest BCUT2D eigenvalue weighted by atomic mass is 10.2. The summed E-state index contributed by atoms with van der Waals surface area (Å²) in [5.74, 6) is 0.373. The molecule has 2 aromatic rings. The molecule has 0 aliphatic rings. The summed E-state index contributed by atoms with van der Waals surface area (Å²) in [6.07, 6.45) is 3.80. The highest BCUT2D eigenvalue weighted by molar-refractivity contribution is 7.98. The Hall–Kier alpha value is -1.31. The number of fused-ring (bicyclic) bond motifs is 1. The molecule has 0 aromatic carbocycles. The summed E-state index contributed by atoms with van der Waals surface area (Å²) >= 11 is 1.43. The fourth-order valence-corrected chi connectivity index (χ4v) is 2.46. The van der Waals surface area contributed by atoms with Gasteiger partial charge in [-0.15, -0.1) is 21.0 Å². The van der Waals surface area contributed by atoms with Gasteiger partial charge in [0.15, 0.2) is 5.65 Å². The minimum absolute atomic E-state index is 0.373. The second-order valence-electron chi connectivity index (χ2n) is 4.05. The molecule has 5 nitrogen and oxygen atoms in total. The lowest BCUT2D eigenvalue weighted by Crippen LogP contribution is -2.05. The van der Waals surface area contributed by atoms with Crippen molar-refractivity contribution in [2.24, 2.45) is 0 Å². The highest BCUT2D eigenvalue weighted by Crippen LogP contribution is 2.26. The maximum absolute atomic E-state index is 9.14. The quantitative estimate of drug-likeness (QED) is 0.524. The van der Waals surface area contributed by atoms with Gasteiger partial charge in [-0.1, -0.05) is 33.9 Å². The summed E-state index contributed by atoms with van der Waals surface area (Å²) in [4.78, 5) is 4.49. The molecule has 0 amide bonds. The van der Waals surface area contributed by atoms with Gasteiger partial charge in [0.1, 0.15) is 22.5 Å². The fraction of sp³-hybridized carbons (Fsp3) is 0.533. The van der Waals surface area contributed by atoms with E-state index in [1.165, 1.54) is 11.8 Å². The second-order valence-corrected chi connectivity index (χ2v) is 4.85. The van der Waals surface area contributed by atoms with Crippen molar-refractivity contribution in [1.29, 1.82) is 5.26 Å². The number of nitrogens with zero attached hydrogens (tertiary/aromatic N) is 4. The van der Waals surface area contributed by atoms with Crippen LogP contribution in [0.3, 0.4) is 0 Å². The molecular formula is C15H26N5PS. The van der Waals surface area contributed by atoms with Gasteiger partial charge in [-0.3, -0.25) is 0 Å². The van der Waals surface area contributed by atoms with Crippen molar-refractivity contribution in [3.63, 3.8) is 0 Å². The van der Waals surface area contributed by atoms with Crippen LogP contribution in [0.15, 0.2) is 5.03 Å². The van der Waals surface area contributed by atoms with Crippen LogP contribution in [0.5, 0.6) is 0 Å². The van der Waals surface area contributed by atoms with E-state index in [0.717, 1.165) is 29.7 Å². The van der Waals surface area contributed by atoms with Crippen LogP contribution >= 0.6 is 21.0 Å². The highest BCUT2D eigenvalue weighted by Gasteiger charge is 2.17. The first kappa shape index (κ1) is 20.7.